The normalized spacial score (nSPS) is 10.7. The fourth-order valence-corrected chi connectivity index (χ4v) is 1.64. The third-order valence-corrected chi connectivity index (χ3v) is 2.59. The summed E-state index contributed by atoms with van der Waals surface area (Å²) in [5.74, 6) is 0.851. The van der Waals surface area contributed by atoms with Crippen molar-refractivity contribution in [3.63, 3.8) is 0 Å². The lowest BCUT2D eigenvalue weighted by atomic mass is 10.2. The zero-order chi connectivity index (χ0) is 13.8. The molecule has 0 amide bonds. The minimum atomic E-state index is -0.148. The fourth-order valence-electron chi connectivity index (χ4n) is 1.64. The van der Waals surface area contributed by atoms with Gasteiger partial charge in [0.15, 0.2) is 5.78 Å². The van der Waals surface area contributed by atoms with E-state index in [1.807, 2.05) is 13.8 Å². The van der Waals surface area contributed by atoms with Gasteiger partial charge in [-0.15, -0.1) is 10.2 Å². The Bertz CT molecular complexity index is 562. The summed E-state index contributed by atoms with van der Waals surface area (Å²) in [6, 6.07) is 3.35. The van der Waals surface area contributed by atoms with E-state index in [0.29, 0.717) is 17.4 Å². The molecule has 7 nitrogen and oxygen atoms in total. The summed E-state index contributed by atoms with van der Waals surface area (Å²) in [5, 5.41) is 11.7. The number of carbonyl (C=O) groups excluding carboxylic acids is 1. The van der Waals surface area contributed by atoms with Crippen molar-refractivity contribution in [2.24, 2.45) is 0 Å². The van der Waals surface area contributed by atoms with Crippen molar-refractivity contribution in [2.75, 3.05) is 7.11 Å². The zero-order valence-electron chi connectivity index (χ0n) is 11.1. The van der Waals surface area contributed by atoms with Crippen LogP contribution in [0.25, 0.3) is 0 Å². The highest BCUT2D eigenvalue weighted by Gasteiger charge is 2.15. The lowest BCUT2D eigenvalue weighted by Gasteiger charge is -2.08. The van der Waals surface area contributed by atoms with Gasteiger partial charge in [0.05, 0.1) is 13.5 Å². The van der Waals surface area contributed by atoms with Gasteiger partial charge in [0.25, 0.3) is 0 Å². The van der Waals surface area contributed by atoms with Gasteiger partial charge >= 0.3 is 0 Å². The van der Waals surface area contributed by atoms with Crippen LogP contribution in [0, 0.1) is 0 Å². The van der Waals surface area contributed by atoms with E-state index < -0.39 is 0 Å². The summed E-state index contributed by atoms with van der Waals surface area (Å²) in [6.45, 7) is 3.96. The SMILES string of the molecule is COc1ccc(C(=O)Cc2ncnn2C(C)C)nn1. The van der Waals surface area contributed by atoms with Crippen LogP contribution in [0.5, 0.6) is 5.88 Å². The van der Waals surface area contributed by atoms with E-state index in [4.69, 9.17) is 4.74 Å². The third kappa shape index (κ3) is 2.93. The van der Waals surface area contributed by atoms with E-state index >= 15 is 0 Å². The number of hydrogen-bond acceptors (Lipinski definition) is 6. The number of carbonyl (C=O) groups is 1. The predicted octanol–water partition coefficient (Wildman–Crippen LogP) is 1.08. The Morgan fingerprint density at radius 3 is 2.74 bits per heavy atom. The molecular formula is C12H15N5O2. The highest BCUT2D eigenvalue weighted by atomic mass is 16.5. The summed E-state index contributed by atoms with van der Waals surface area (Å²) in [4.78, 5) is 16.2. The molecule has 2 aromatic rings. The Kier molecular flexibility index (Phi) is 3.84. The molecular weight excluding hydrogens is 246 g/mol. The van der Waals surface area contributed by atoms with Crippen LogP contribution in [0.3, 0.4) is 0 Å². The summed E-state index contributed by atoms with van der Waals surface area (Å²) >= 11 is 0. The van der Waals surface area contributed by atoms with E-state index in [2.05, 4.69) is 20.3 Å². The summed E-state index contributed by atoms with van der Waals surface area (Å²) in [6.07, 6.45) is 1.60. The van der Waals surface area contributed by atoms with Gasteiger partial charge in [-0.25, -0.2) is 9.67 Å². The summed E-state index contributed by atoms with van der Waals surface area (Å²) in [7, 11) is 1.50. The number of methoxy groups -OCH3 is 1. The number of nitrogens with zero attached hydrogens (tertiary/aromatic N) is 5. The number of aromatic nitrogens is 5. The number of Topliss-reactive ketones (excluding diaryl/α,β-unsaturated/α-hetero) is 1. The van der Waals surface area contributed by atoms with E-state index in [1.165, 1.54) is 13.4 Å². The van der Waals surface area contributed by atoms with Crippen LogP contribution < -0.4 is 4.74 Å². The van der Waals surface area contributed by atoms with Gasteiger partial charge in [0, 0.05) is 12.1 Å². The number of ketones is 1. The second-order valence-electron chi connectivity index (χ2n) is 4.28. The molecule has 0 bridgehead atoms. The number of rotatable bonds is 5. The maximum absolute atomic E-state index is 12.1. The molecule has 0 atom stereocenters. The van der Waals surface area contributed by atoms with Crippen LogP contribution >= 0.6 is 0 Å². The van der Waals surface area contributed by atoms with Crippen LogP contribution in [-0.4, -0.2) is 37.9 Å². The topological polar surface area (TPSA) is 82.8 Å². The predicted molar refractivity (Wildman–Crippen MR) is 67.0 cm³/mol. The maximum atomic E-state index is 12.1. The molecule has 0 fully saturated rings. The quantitative estimate of drug-likeness (QED) is 0.749. The minimum absolute atomic E-state index is 0.148. The van der Waals surface area contributed by atoms with Gasteiger partial charge in [-0.1, -0.05) is 0 Å². The van der Waals surface area contributed by atoms with Crippen molar-refractivity contribution >= 4 is 5.78 Å². The molecule has 0 aliphatic carbocycles. The Hall–Kier alpha value is -2.31. The number of ether oxygens (including phenoxy) is 1. The van der Waals surface area contributed by atoms with E-state index in [-0.39, 0.29) is 18.2 Å². The maximum Gasteiger partial charge on any atom is 0.233 e. The molecule has 7 heteroatoms. The first kappa shape index (κ1) is 13.1. The molecule has 0 saturated heterocycles. The zero-order valence-corrected chi connectivity index (χ0v) is 11.1. The molecule has 100 valence electrons. The Morgan fingerprint density at radius 2 is 2.16 bits per heavy atom. The van der Waals surface area contributed by atoms with Crippen molar-refractivity contribution < 1.29 is 9.53 Å². The molecule has 2 rings (SSSR count). The first-order valence-corrected chi connectivity index (χ1v) is 5.91. The highest BCUT2D eigenvalue weighted by molar-refractivity contribution is 5.95. The smallest absolute Gasteiger partial charge is 0.233 e. The van der Waals surface area contributed by atoms with Crippen LogP contribution in [0.1, 0.15) is 36.2 Å². The molecule has 2 aromatic heterocycles. The van der Waals surface area contributed by atoms with Crippen molar-refractivity contribution in [3.05, 3.63) is 30.0 Å². The summed E-state index contributed by atoms with van der Waals surface area (Å²) < 4.78 is 6.61. The Morgan fingerprint density at radius 1 is 1.37 bits per heavy atom. The minimum Gasteiger partial charge on any atom is -0.480 e. The van der Waals surface area contributed by atoms with Gasteiger partial charge in [0.2, 0.25) is 5.88 Å². The molecule has 19 heavy (non-hydrogen) atoms. The highest BCUT2D eigenvalue weighted by Crippen LogP contribution is 2.09. The van der Waals surface area contributed by atoms with E-state index in [1.54, 1.807) is 16.8 Å². The van der Waals surface area contributed by atoms with Crippen LogP contribution in [0.2, 0.25) is 0 Å². The van der Waals surface area contributed by atoms with Gasteiger partial charge in [-0.2, -0.15) is 5.10 Å². The second kappa shape index (κ2) is 5.55. The molecule has 0 spiro atoms. The third-order valence-electron chi connectivity index (χ3n) is 2.59. The van der Waals surface area contributed by atoms with Crippen LogP contribution in [0.15, 0.2) is 18.5 Å². The largest absolute Gasteiger partial charge is 0.480 e. The number of hydrogen-bond donors (Lipinski definition) is 0. The molecule has 0 N–H and O–H groups in total. The van der Waals surface area contributed by atoms with Gasteiger partial charge < -0.3 is 4.74 Å². The molecule has 2 heterocycles. The van der Waals surface area contributed by atoms with E-state index in [0.717, 1.165) is 0 Å². The van der Waals surface area contributed by atoms with Gasteiger partial charge in [-0.3, -0.25) is 4.79 Å². The first-order chi connectivity index (χ1) is 9.11. The lowest BCUT2D eigenvalue weighted by molar-refractivity contribution is 0.0983. The average Bonchev–Trinajstić information content (AvgIpc) is 2.87. The molecule has 0 saturated carbocycles. The monoisotopic (exact) mass is 261 g/mol. The van der Waals surface area contributed by atoms with Crippen molar-refractivity contribution in [1.29, 1.82) is 0 Å². The molecule has 0 aliphatic rings. The standard InChI is InChI=1S/C12H15N5O2/c1-8(2)17-11(13-7-14-17)6-10(18)9-4-5-12(19-3)16-15-9/h4-5,7-8H,6H2,1-3H3. The molecule has 0 radical (unpaired) electrons. The van der Waals surface area contributed by atoms with Crippen LogP contribution in [0.4, 0.5) is 0 Å². The van der Waals surface area contributed by atoms with Crippen LogP contribution in [-0.2, 0) is 6.42 Å². The first-order valence-electron chi connectivity index (χ1n) is 5.91. The lowest BCUT2D eigenvalue weighted by Crippen LogP contribution is -2.14. The van der Waals surface area contributed by atoms with Crippen molar-refractivity contribution in [1.82, 2.24) is 25.0 Å². The second-order valence-corrected chi connectivity index (χ2v) is 4.28. The van der Waals surface area contributed by atoms with Gasteiger partial charge in [-0.05, 0) is 19.9 Å². The average molecular weight is 261 g/mol. The molecule has 0 unspecified atom stereocenters. The Balaban J connectivity index is 2.13. The molecule has 0 aliphatic heterocycles. The van der Waals surface area contributed by atoms with Crippen molar-refractivity contribution in [3.8, 4) is 5.88 Å². The molecule has 0 aromatic carbocycles. The van der Waals surface area contributed by atoms with Crippen molar-refractivity contribution in [2.45, 2.75) is 26.3 Å². The Labute approximate surface area is 110 Å². The van der Waals surface area contributed by atoms with E-state index in [9.17, 15) is 4.79 Å². The van der Waals surface area contributed by atoms with Gasteiger partial charge in [0.1, 0.15) is 17.8 Å². The summed E-state index contributed by atoms with van der Waals surface area (Å²) in [5.41, 5.74) is 0.291. The fraction of sp³-hybridized carbons (Fsp3) is 0.417.